The molecule has 5 nitrogen and oxygen atoms in total. The van der Waals surface area contributed by atoms with Crippen LogP contribution in [-0.4, -0.2) is 55.0 Å². The van der Waals surface area contributed by atoms with E-state index in [1.165, 1.54) is 18.2 Å². The Morgan fingerprint density at radius 2 is 2.24 bits per heavy atom. The van der Waals surface area contributed by atoms with E-state index in [0.29, 0.717) is 11.7 Å². The SMILES string of the molecule is CCC1CN(CC(=O)Nc2cc(N)ccc2F)CCN1C. The van der Waals surface area contributed by atoms with Gasteiger partial charge in [0, 0.05) is 31.4 Å². The topological polar surface area (TPSA) is 61.6 Å². The maximum Gasteiger partial charge on any atom is 0.238 e. The van der Waals surface area contributed by atoms with E-state index in [9.17, 15) is 9.18 Å². The average Bonchev–Trinajstić information content (AvgIpc) is 2.45. The van der Waals surface area contributed by atoms with Crippen LogP contribution in [0, 0.1) is 5.82 Å². The van der Waals surface area contributed by atoms with Crippen LogP contribution in [0.5, 0.6) is 0 Å². The molecular formula is C15H23FN4O. The first kappa shape index (κ1) is 15.7. The van der Waals surface area contributed by atoms with E-state index >= 15 is 0 Å². The van der Waals surface area contributed by atoms with Gasteiger partial charge in [0.25, 0.3) is 0 Å². The van der Waals surface area contributed by atoms with E-state index in [0.717, 1.165) is 26.1 Å². The van der Waals surface area contributed by atoms with Gasteiger partial charge in [-0.3, -0.25) is 9.69 Å². The van der Waals surface area contributed by atoms with Crippen molar-refractivity contribution in [3.05, 3.63) is 24.0 Å². The molecule has 0 aliphatic carbocycles. The van der Waals surface area contributed by atoms with Gasteiger partial charge in [0.2, 0.25) is 5.91 Å². The number of halogens is 1. The van der Waals surface area contributed by atoms with Crippen molar-refractivity contribution in [3.63, 3.8) is 0 Å². The van der Waals surface area contributed by atoms with E-state index in [-0.39, 0.29) is 18.1 Å². The van der Waals surface area contributed by atoms with Crippen LogP contribution in [0.3, 0.4) is 0 Å². The number of likely N-dealkylation sites (N-methyl/N-ethyl adjacent to an activating group) is 1. The summed E-state index contributed by atoms with van der Waals surface area (Å²) in [5.41, 5.74) is 6.17. The number of rotatable bonds is 4. The normalized spacial score (nSPS) is 20.4. The van der Waals surface area contributed by atoms with E-state index < -0.39 is 5.82 Å². The standard InChI is InChI=1S/C15H23FN4O/c1-3-12-9-20(7-6-19(12)2)10-15(21)18-14-8-11(17)4-5-13(14)16/h4-5,8,12H,3,6-7,9-10,17H2,1-2H3,(H,18,21). The molecule has 0 spiro atoms. The lowest BCUT2D eigenvalue weighted by Gasteiger charge is -2.38. The molecular weight excluding hydrogens is 271 g/mol. The minimum atomic E-state index is -0.470. The first-order valence-corrected chi connectivity index (χ1v) is 7.27. The Morgan fingerprint density at radius 1 is 1.48 bits per heavy atom. The van der Waals surface area contributed by atoms with Crippen LogP contribution < -0.4 is 11.1 Å². The highest BCUT2D eigenvalue weighted by molar-refractivity contribution is 5.92. The molecule has 1 aliphatic rings. The van der Waals surface area contributed by atoms with E-state index in [2.05, 4.69) is 29.1 Å². The van der Waals surface area contributed by atoms with Gasteiger partial charge in [-0.25, -0.2) is 4.39 Å². The van der Waals surface area contributed by atoms with Crippen LogP contribution in [0.25, 0.3) is 0 Å². The summed E-state index contributed by atoms with van der Waals surface area (Å²) in [6.45, 7) is 5.07. The first-order valence-electron chi connectivity index (χ1n) is 7.27. The molecule has 1 unspecified atom stereocenters. The lowest BCUT2D eigenvalue weighted by atomic mass is 10.1. The third-order valence-corrected chi connectivity index (χ3v) is 3.96. The molecule has 1 aromatic carbocycles. The number of hydrogen-bond donors (Lipinski definition) is 2. The number of nitrogens with zero attached hydrogens (tertiary/aromatic N) is 2. The van der Waals surface area contributed by atoms with E-state index in [1.807, 2.05) is 0 Å². The number of amides is 1. The lowest BCUT2D eigenvalue weighted by Crippen LogP contribution is -2.52. The number of nitrogens with one attached hydrogen (secondary N) is 1. The maximum absolute atomic E-state index is 13.6. The van der Waals surface area contributed by atoms with Gasteiger partial charge in [0.1, 0.15) is 5.82 Å². The third kappa shape index (κ3) is 4.15. The van der Waals surface area contributed by atoms with Crippen LogP contribution >= 0.6 is 0 Å². The Kier molecular flexibility index (Phi) is 5.14. The fraction of sp³-hybridized carbons (Fsp3) is 0.533. The summed E-state index contributed by atoms with van der Waals surface area (Å²) in [6, 6.07) is 4.63. The number of piperazine rings is 1. The van der Waals surface area contributed by atoms with Gasteiger partial charge in [0.15, 0.2) is 0 Å². The zero-order valence-corrected chi connectivity index (χ0v) is 12.6. The molecule has 1 aromatic rings. The quantitative estimate of drug-likeness (QED) is 0.824. The number of carbonyl (C=O) groups excluding carboxylic acids is 1. The zero-order valence-electron chi connectivity index (χ0n) is 12.6. The van der Waals surface area contributed by atoms with Gasteiger partial charge in [-0.1, -0.05) is 6.92 Å². The summed E-state index contributed by atoms with van der Waals surface area (Å²) < 4.78 is 13.6. The fourth-order valence-electron chi connectivity index (χ4n) is 2.63. The molecule has 0 aromatic heterocycles. The Bertz CT molecular complexity index is 508. The largest absolute Gasteiger partial charge is 0.399 e. The molecule has 1 heterocycles. The summed E-state index contributed by atoms with van der Waals surface area (Å²) >= 11 is 0. The number of anilines is 2. The predicted molar refractivity (Wildman–Crippen MR) is 82.6 cm³/mol. The van der Waals surface area contributed by atoms with Crippen molar-refractivity contribution in [2.24, 2.45) is 0 Å². The summed E-state index contributed by atoms with van der Waals surface area (Å²) in [5, 5.41) is 2.59. The molecule has 0 bridgehead atoms. The predicted octanol–water partition coefficient (Wildman–Crippen LogP) is 1.37. The van der Waals surface area contributed by atoms with Crippen molar-refractivity contribution in [1.29, 1.82) is 0 Å². The minimum Gasteiger partial charge on any atom is -0.399 e. The Labute approximate surface area is 124 Å². The minimum absolute atomic E-state index is 0.140. The molecule has 2 rings (SSSR count). The summed E-state index contributed by atoms with van der Waals surface area (Å²) in [4.78, 5) is 16.5. The van der Waals surface area contributed by atoms with E-state index in [4.69, 9.17) is 5.73 Å². The Balaban J connectivity index is 1.91. The fourth-order valence-corrected chi connectivity index (χ4v) is 2.63. The maximum atomic E-state index is 13.6. The molecule has 21 heavy (non-hydrogen) atoms. The molecule has 1 aliphatic heterocycles. The number of hydrogen-bond acceptors (Lipinski definition) is 4. The second-order valence-corrected chi connectivity index (χ2v) is 5.57. The third-order valence-electron chi connectivity index (χ3n) is 3.96. The van der Waals surface area contributed by atoms with Crippen LogP contribution in [0.4, 0.5) is 15.8 Å². The number of nitrogen functional groups attached to an aromatic ring is 1. The number of nitrogens with two attached hydrogens (primary N) is 1. The van der Waals surface area contributed by atoms with Crippen LogP contribution in [0.1, 0.15) is 13.3 Å². The molecule has 0 saturated carbocycles. The van der Waals surface area contributed by atoms with E-state index in [1.54, 1.807) is 0 Å². The van der Waals surface area contributed by atoms with Crippen LogP contribution in [0.2, 0.25) is 0 Å². The van der Waals surface area contributed by atoms with Gasteiger partial charge in [-0.15, -0.1) is 0 Å². The van der Waals surface area contributed by atoms with Gasteiger partial charge in [-0.05, 0) is 31.7 Å². The highest BCUT2D eigenvalue weighted by atomic mass is 19.1. The molecule has 3 N–H and O–H groups in total. The smallest absolute Gasteiger partial charge is 0.238 e. The van der Waals surface area contributed by atoms with Crippen molar-refractivity contribution in [3.8, 4) is 0 Å². The van der Waals surface area contributed by atoms with Crippen molar-refractivity contribution >= 4 is 17.3 Å². The summed E-state index contributed by atoms with van der Waals surface area (Å²) in [7, 11) is 2.10. The Morgan fingerprint density at radius 3 is 2.95 bits per heavy atom. The van der Waals surface area contributed by atoms with Gasteiger partial charge < -0.3 is 16.0 Å². The van der Waals surface area contributed by atoms with Crippen molar-refractivity contribution in [2.75, 3.05) is 44.3 Å². The summed E-state index contributed by atoms with van der Waals surface area (Å²) in [6.07, 6.45) is 1.05. The zero-order chi connectivity index (χ0) is 15.4. The monoisotopic (exact) mass is 294 g/mol. The number of carbonyl (C=O) groups is 1. The molecule has 1 amide bonds. The highest BCUT2D eigenvalue weighted by Gasteiger charge is 2.24. The highest BCUT2D eigenvalue weighted by Crippen LogP contribution is 2.17. The molecule has 116 valence electrons. The van der Waals surface area contributed by atoms with Crippen molar-refractivity contribution < 1.29 is 9.18 Å². The number of benzene rings is 1. The van der Waals surface area contributed by atoms with Gasteiger partial charge in [0.05, 0.1) is 12.2 Å². The Hall–Kier alpha value is -1.66. The molecule has 0 radical (unpaired) electrons. The summed E-state index contributed by atoms with van der Waals surface area (Å²) in [5.74, 6) is -0.679. The van der Waals surface area contributed by atoms with Crippen molar-refractivity contribution in [1.82, 2.24) is 9.80 Å². The molecule has 6 heteroatoms. The first-order chi connectivity index (χ1) is 9.99. The van der Waals surface area contributed by atoms with Crippen molar-refractivity contribution in [2.45, 2.75) is 19.4 Å². The van der Waals surface area contributed by atoms with Crippen LogP contribution in [0.15, 0.2) is 18.2 Å². The molecule has 1 atom stereocenters. The second-order valence-electron chi connectivity index (χ2n) is 5.57. The lowest BCUT2D eigenvalue weighted by molar-refractivity contribution is -0.118. The second kappa shape index (κ2) is 6.87. The van der Waals surface area contributed by atoms with Gasteiger partial charge in [-0.2, -0.15) is 0 Å². The van der Waals surface area contributed by atoms with Crippen LogP contribution in [-0.2, 0) is 4.79 Å². The molecule has 1 saturated heterocycles. The molecule has 1 fully saturated rings. The average molecular weight is 294 g/mol. The van der Waals surface area contributed by atoms with Gasteiger partial charge >= 0.3 is 0 Å².